The van der Waals surface area contributed by atoms with Crippen LogP contribution in [0.15, 0.2) is 36.4 Å². The number of hydrogen-bond donors (Lipinski definition) is 1. The van der Waals surface area contributed by atoms with E-state index in [0.29, 0.717) is 10.7 Å². The van der Waals surface area contributed by atoms with Crippen molar-refractivity contribution in [2.24, 2.45) is 0 Å². The number of benzene rings is 1. The Bertz CT molecular complexity index is 906. The van der Waals surface area contributed by atoms with Crippen LogP contribution in [0.1, 0.15) is 23.9 Å². The molecule has 0 amide bonds. The maximum atomic E-state index is 9.10. The Morgan fingerprint density at radius 2 is 2.00 bits per heavy atom. The van der Waals surface area contributed by atoms with Crippen molar-refractivity contribution in [1.82, 2.24) is 9.97 Å². The Morgan fingerprint density at radius 1 is 1.17 bits per heavy atom. The largest absolute Gasteiger partial charge is 0.375 e. The van der Waals surface area contributed by atoms with Crippen molar-refractivity contribution >= 4 is 16.5 Å². The van der Waals surface area contributed by atoms with Gasteiger partial charge < -0.3 is 5.73 Å². The minimum absolute atomic E-state index is 0.518. The number of aromatic nitrogens is 2. The van der Waals surface area contributed by atoms with Gasteiger partial charge in [-0.1, -0.05) is 30.4 Å². The Morgan fingerprint density at radius 3 is 2.74 bits per heavy atom. The van der Waals surface area contributed by atoms with Crippen LogP contribution in [0.2, 0.25) is 0 Å². The van der Waals surface area contributed by atoms with Crippen LogP contribution in [0.5, 0.6) is 0 Å². The van der Waals surface area contributed by atoms with Crippen LogP contribution < -0.4 is 5.73 Å². The summed E-state index contributed by atoms with van der Waals surface area (Å²) < 4.78 is 0. The van der Waals surface area contributed by atoms with Gasteiger partial charge in [0, 0.05) is 17.0 Å². The van der Waals surface area contributed by atoms with Crippen LogP contribution in [0.25, 0.3) is 21.7 Å². The minimum Gasteiger partial charge on any atom is -0.375 e. The maximum absolute atomic E-state index is 9.10. The van der Waals surface area contributed by atoms with Gasteiger partial charge in [0.25, 0.3) is 0 Å². The SMILES string of the molecule is CCc1cc(-c2sc(N)nc2-c2cccc(C#N)c2)cc(C)n1. The van der Waals surface area contributed by atoms with Gasteiger partial charge in [-0.25, -0.2) is 4.98 Å². The summed E-state index contributed by atoms with van der Waals surface area (Å²) in [6.45, 7) is 4.08. The predicted molar refractivity (Wildman–Crippen MR) is 94.0 cm³/mol. The highest BCUT2D eigenvalue weighted by Gasteiger charge is 2.15. The lowest BCUT2D eigenvalue weighted by atomic mass is 10.0. The van der Waals surface area contributed by atoms with Gasteiger partial charge in [0.15, 0.2) is 5.13 Å². The molecule has 0 aliphatic rings. The number of rotatable bonds is 3. The highest BCUT2D eigenvalue weighted by atomic mass is 32.1. The van der Waals surface area contributed by atoms with E-state index in [1.54, 1.807) is 6.07 Å². The van der Waals surface area contributed by atoms with Crippen molar-refractivity contribution in [2.45, 2.75) is 20.3 Å². The monoisotopic (exact) mass is 320 g/mol. The molecule has 0 aliphatic carbocycles. The highest BCUT2D eigenvalue weighted by Crippen LogP contribution is 2.38. The van der Waals surface area contributed by atoms with Crippen LogP contribution in [0.3, 0.4) is 0 Å². The van der Waals surface area contributed by atoms with Crippen LogP contribution >= 0.6 is 11.3 Å². The van der Waals surface area contributed by atoms with E-state index < -0.39 is 0 Å². The number of nitrogen functional groups attached to an aromatic ring is 1. The van der Waals surface area contributed by atoms with Crippen molar-refractivity contribution in [2.75, 3.05) is 5.73 Å². The van der Waals surface area contributed by atoms with Crippen LogP contribution in [0.4, 0.5) is 5.13 Å². The number of anilines is 1. The Hall–Kier alpha value is -2.71. The zero-order chi connectivity index (χ0) is 16.4. The molecule has 114 valence electrons. The Labute approximate surface area is 139 Å². The quantitative estimate of drug-likeness (QED) is 0.785. The first kappa shape index (κ1) is 15.2. The summed E-state index contributed by atoms with van der Waals surface area (Å²) in [5, 5.41) is 9.62. The molecular weight excluding hydrogens is 304 g/mol. The van der Waals surface area contributed by atoms with Gasteiger partial charge in [0.2, 0.25) is 0 Å². The molecule has 3 rings (SSSR count). The third-order valence-corrected chi connectivity index (χ3v) is 4.47. The standard InChI is InChI=1S/C18H16N4S/c1-3-15-9-14(7-11(2)21-15)17-16(22-18(20)23-17)13-6-4-5-12(8-13)10-19/h4-9H,3H2,1-2H3,(H2,20,22). The normalized spacial score (nSPS) is 10.5. The molecule has 0 saturated carbocycles. The highest BCUT2D eigenvalue weighted by molar-refractivity contribution is 7.19. The predicted octanol–water partition coefficient (Wildman–Crippen LogP) is 4.20. The number of nitriles is 1. The number of nitrogens with two attached hydrogens (primary N) is 1. The third kappa shape index (κ3) is 3.08. The summed E-state index contributed by atoms with van der Waals surface area (Å²) >= 11 is 1.46. The second kappa shape index (κ2) is 6.19. The first-order valence-electron chi connectivity index (χ1n) is 7.35. The van der Waals surface area contributed by atoms with Gasteiger partial charge in [0.05, 0.1) is 22.2 Å². The fraction of sp³-hybridized carbons (Fsp3) is 0.167. The molecule has 0 aliphatic heterocycles. The number of aryl methyl sites for hydroxylation is 2. The smallest absolute Gasteiger partial charge is 0.181 e. The van der Waals surface area contributed by atoms with Crippen molar-refractivity contribution in [3.8, 4) is 27.8 Å². The fourth-order valence-corrected chi connectivity index (χ4v) is 3.36. The second-order valence-corrected chi connectivity index (χ2v) is 6.30. The van der Waals surface area contributed by atoms with Gasteiger partial charge in [0.1, 0.15) is 0 Å². The molecule has 2 heterocycles. The number of nitrogens with zero attached hydrogens (tertiary/aromatic N) is 3. The van der Waals surface area contributed by atoms with Gasteiger partial charge in [-0.05, 0) is 43.2 Å². The molecule has 2 N–H and O–H groups in total. The summed E-state index contributed by atoms with van der Waals surface area (Å²) in [6, 6.07) is 13.7. The third-order valence-electron chi connectivity index (χ3n) is 3.54. The van der Waals surface area contributed by atoms with E-state index in [0.717, 1.165) is 39.5 Å². The summed E-state index contributed by atoms with van der Waals surface area (Å²) in [5.74, 6) is 0. The molecule has 0 radical (unpaired) electrons. The van der Waals surface area contributed by atoms with E-state index in [2.05, 4.69) is 29.0 Å². The molecule has 0 spiro atoms. The summed E-state index contributed by atoms with van der Waals surface area (Å²) in [7, 11) is 0. The Balaban J connectivity index is 2.18. The number of hydrogen-bond acceptors (Lipinski definition) is 5. The molecule has 23 heavy (non-hydrogen) atoms. The molecule has 0 unspecified atom stereocenters. The number of thiazole rings is 1. The van der Waals surface area contributed by atoms with Gasteiger partial charge in [-0.15, -0.1) is 0 Å². The molecular formula is C18H16N4S. The van der Waals surface area contributed by atoms with Crippen LogP contribution in [0, 0.1) is 18.3 Å². The lowest BCUT2D eigenvalue weighted by Gasteiger charge is -2.06. The topological polar surface area (TPSA) is 75.6 Å². The van der Waals surface area contributed by atoms with Gasteiger partial charge >= 0.3 is 0 Å². The van der Waals surface area contributed by atoms with Crippen molar-refractivity contribution in [1.29, 1.82) is 5.26 Å². The summed E-state index contributed by atoms with van der Waals surface area (Å²) in [4.78, 5) is 10.0. The molecule has 3 aromatic rings. The lowest BCUT2D eigenvalue weighted by molar-refractivity contribution is 1.01. The molecule has 1 aromatic carbocycles. The number of pyridine rings is 1. The van der Waals surface area contributed by atoms with Gasteiger partial charge in [-0.3, -0.25) is 4.98 Å². The zero-order valence-corrected chi connectivity index (χ0v) is 13.8. The summed E-state index contributed by atoms with van der Waals surface area (Å²) in [6.07, 6.45) is 0.877. The zero-order valence-electron chi connectivity index (χ0n) is 13.0. The molecule has 2 aromatic heterocycles. The van der Waals surface area contributed by atoms with Crippen molar-refractivity contribution in [3.05, 3.63) is 53.3 Å². The van der Waals surface area contributed by atoms with Crippen LogP contribution in [-0.4, -0.2) is 9.97 Å². The van der Waals surface area contributed by atoms with Crippen molar-refractivity contribution in [3.63, 3.8) is 0 Å². The second-order valence-electron chi connectivity index (χ2n) is 5.26. The summed E-state index contributed by atoms with van der Waals surface area (Å²) in [5.41, 5.74) is 11.4. The lowest BCUT2D eigenvalue weighted by Crippen LogP contribution is -1.92. The van der Waals surface area contributed by atoms with E-state index in [4.69, 9.17) is 11.0 Å². The van der Waals surface area contributed by atoms with Crippen molar-refractivity contribution < 1.29 is 0 Å². The molecule has 0 fully saturated rings. The van der Waals surface area contributed by atoms with E-state index >= 15 is 0 Å². The molecule has 0 saturated heterocycles. The minimum atomic E-state index is 0.518. The Kier molecular flexibility index (Phi) is 4.09. The molecule has 0 bridgehead atoms. The van der Waals surface area contributed by atoms with Crippen LogP contribution in [-0.2, 0) is 6.42 Å². The van der Waals surface area contributed by atoms with E-state index in [1.165, 1.54) is 11.3 Å². The molecule has 5 heteroatoms. The fourth-order valence-electron chi connectivity index (χ4n) is 2.51. The van der Waals surface area contributed by atoms with E-state index in [1.807, 2.05) is 31.2 Å². The molecule has 0 atom stereocenters. The maximum Gasteiger partial charge on any atom is 0.181 e. The van der Waals surface area contributed by atoms with E-state index in [9.17, 15) is 0 Å². The first-order valence-corrected chi connectivity index (χ1v) is 8.17. The van der Waals surface area contributed by atoms with E-state index in [-0.39, 0.29) is 0 Å². The molecule has 4 nitrogen and oxygen atoms in total. The average molecular weight is 320 g/mol. The van der Waals surface area contributed by atoms with Gasteiger partial charge in [-0.2, -0.15) is 5.26 Å². The average Bonchev–Trinajstić information content (AvgIpc) is 2.96. The first-order chi connectivity index (χ1) is 11.1.